The molecule has 1 saturated carbocycles. The maximum Gasteiger partial charge on any atom is 0.305 e. The van der Waals surface area contributed by atoms with Crippen molar-refractivity contribution in [2.75, 3.05) is 19.9 Å². The predicted molar refractivity (Wildman–Crippen MR) is 78.3 cm³/mol. The maximum atomic E-state index is 11.3. The average molecular weight is 314 g/mol. The molecule has 0 radical (unpaired) electrons. The van der Waals surface area contributed by atoms with Crippen molar-refractivity contribution in [1.82, 2.24) is 10.4 Å². The molecule has 1 aliphatic carbocycles. The Labute approximate surface area is 131 Å². The van der Waals surface area contributed by atoms with E-state index in [1.165, 1.54) is 6.92 Å². The normalized spacial score (nSPS) is 27.6. The minimum absolute atomic E-state index is 0.0115. The van der Waals surface area contributed by atoms with Crippen LogP contribution in [0.2, 0.25) is 0 Å². The van der Waals surface area contributed by atoms with Crippen LogP contribution in [0.3, 0.4) is 0 Å². The Balaban J connectivity index is 1.74. The third-order valence-electron chi connectivity index (χ3n) is 4.35. The highest BCUT2D eigenvalue weighted by Gasteiger charge is 2.36. The number of hydroxylamine groups is 1. The van der Waals surface area contributed by atoms with Gasteiger partial charge in [0.05, 0.1) is 6.04 Å². The zero-order valence-electron chi connectivity index (χ0n) is 13.4. The molecule has 0 aromatic carbocycles. The van der Waals surface area contributed by atoms with E-state index in [2.05, 4.69) is 12.4 Å². The van der Waals surface area contributed by atoms with Crippen LogP contribution in [0.5, 0.6) is 0 Å². The molecule has 2 unspecified atom stereocenters. The third-order valence-corrected chi connectivity index (χ3v) is 4.35. The molecule has 2 aliphatic rings. The molecule has 1 amide bonds. The first kappa shape index (κ1) is 17.2. The zero-order valence-corrected chi connectivity index (χ0v) is 13.4. The summed E-state index contributed by atoms with van der Waals surface area (Å²) >= 11 is 0. The van der Waals surface area contributed by atoms with Crippen molar-refractivity contribution in [2.45, 2.75) is 57.8 Å². The molecule has 1 saturated heterocycles. The number of hydrogen-bond acceptors (Lipinski definition) is 6. The first-order valence-electron chi connectivity index (χ1n) is 7.95. The van der Waals surface area contributed by atoms with Crippen molar-refractivity contribution in [3.8, 4) is 0 Å². The Kier molecular flexibility index (Phi) is 6.16. The Hall–Kier alpha value is -1.18. The molecule has 126 valence electrons. The number of hydrogen-bond donors (Lipinski definition) is 1. The number of amides is 1. The van der Waals surface area contributed by atoms with Crippen LogP contribution in [0.15, 0.2) is 0 Å². The standard InChI is InChI=1S/C15H26N2O5/c1-12-8-17(10-18)9-14(12)16-21-11-20-15(22-13(2)19)6-4-3-5-7-15/h10,12,14,16H,3-9,11H2,1-2H3. The van der Waals surface area contributed by atoms with E-state index in [9.17, 15) is 9.59 Å². The van der Waals surface area contributed by atoms with Crippen LogP contribution in [-0.4, -0.2) is 49.0 Å². The second-order valence-electron chi connectivity index (χ2n) is 6.23. The van der Waals surface area contributed by atoms with Crippen molar-refractivity contribution in [3.05, 3.63) is 0 Å². The highest BCUT2D eigenvalue weighted by molar-refractivity contribution is 5.66. The summed E-state index contributed by atoms with van der Waals surface area (Å²) in [5.74, 6) is -0.856. The molecule has 0 spiro atoms. The minimum atomic E-state index is -0.845. The fourth-order valence-electron chi connectivity index (χ4n) is 3.15. The van der Waals surface area contributed by atoms with Crippen LogP contribution in [0.25, 0.3) is 0 Å². The zero-order chi connectivity index (χ0) is 16.0. The van der Waals surface area contributed by atoms with Gasteiger partial charge in [0, 0.05) is 32.9 Å². The lowest BCUT2D eigenvalue weighted by molar-refractivity contribution is -0.281. The van der Waals surface area contributed by atoms with E-state index in [0.29, 0.717) is 25.3 Å². The quantitative estimate of drug-likeness (QED) is 0.250. The van der Waals surface area contributed by atoms with Crippen LogP contribution >= 0.6 is 0 Å². The van der Waals surface area contributed by atoms with Crippen LogP contribution in [0.4, 0.5) is 0 Å². The van der Waals surface area contributed by atoms with Crippen molar-refractivity contribution in [1.29, 1.82) is 0 Å². The summed E-state index contributed by atoms with van der Waals surface area (Å²) in [7, 11) is 0. The summed E-state index contributed by atoms with van der Waals surface area (Å²) in [6.07, 6.45) is 5.35. The molecule has 1 N–H and O–H groups in total. The monoisotopic (exact) mass is 314 g/mol. The molecule has 0 bridgehead atoms. The van der Waals surface area contributed by atoms with E-state index in [1.807, 2.05) is 0 Å². The first-order chi connectivity index (χ1) is 10.5. The van der Waals surface area contributed by atoms with Gasteiger partial charge in [-0.05, 0) is 18.8 Å². The van der Waals surface area contributed by atoms with Crippen LogP contribution < -0.4 is 5.48 Å². The average Bonchev–Trinajstić information content (AvgIpc) is 2.84. The Morgan fingerprint density at radius 2 is 2.05 bits per heavy atom. The predicted octanol–water partition coefficient (Wildman–Crippen LogP) is 1.18. The molecular weight excluding hydrogens is 288 g/mol. The second kappa shape index (κ2) is 7.89. The van der Waals surface area contributed by atoms with Gasteiger partial charge >= 0.3 is 5.97 Å². The molecule has 1 heterocycles. The number of carbonyl (C=O) groups is 2. The molecule has 22 heavy (non-hydrogen) atoms. The maximum absolute atomic E-state index is 11.3. The molecule has 0 aromatic rings. The summed E-state index contributed by atoms with van der Waals surface area (Å²) in [4.78, 5) is 29.1. The summed E-state index contributed by atoms with van der Waals surface area (Å²) in [5.41, 5.74) is 2.94. The lowest BCUT2D eigenvalue weighted by atomic mass is 9.94. The molecule has 7 heteroatoms. The lowest BCUT2D eigenvalue weighted by Gasteiger charge is -2.35. The SMILES string of the molecule is CC(=O)OC1(OCONC2CN(C=O)CC2C)CCCCC1. The van der Waals surface area contributed by atoms with Gasteiger partial charge in [0.2, 0.25) is 12.2 Å². The number of rotatable bonds is 7. The van der Waals surface area contributed by atoms with E-state index in [0.717, 1.165) is 32.2 Å². The van der Waals surface area contributed by atoms with Crippen LogP contribution in [-0.2, 0) is 23.9 Å². The smallest absolute Gasteiger partial charge is 0.305 e. The van der Waals surface area contributed by atoms with E-state index < -0.39 is 5.79 Å². The van der Waals surface area contributed by atoms with Gasteiger partial charge in [-0.3, -0.25) is 14.4 Å². The van der Waals surface area contributed by atoms with Gasteiger partial charge in [0.15, 0.2) is 6.79 Å². The first-order valence-corrected chi connectivity index (χ1v) is 7.95. The van der Waals surface area contributed by atoms with E-state index in [4.69, 9.17) is 14.3 Å². The lowest BCUT2D eigenvalue weighted by Crippen LogP contribution is -2.42. The molecule has 2 atom stereocenters. The van der Waals surface area contributed by atoms with Crippen molar-refractivity contribution < 1.29 is 23.9 Å². The highest BCUT2D eigenvalue weighted by Crippen LogP contribution is 2.32. The van der Waals surface area contributed by atoms with Gasteiger partial charge in [-0.2, -0.15) is 5.48 Å². The summed E-state index contributed by atoms with van der Waals surface area (Å²) in [5, 5.41) is 0. The molecule has 1 aliphatic heterocycles. The number of carbonyl (C=O) groups excluding carboxylic acids is 2. The van der Waals surface area contributed by atoms with E-state index in [-0.39, 0.29) is 18.8 Å². The largest absolute Gasteiger partial charge is 0.433 e. The highest BCUT2D eigenvalue weighted by atomic mass is 16.8. The summed E-state index contributed by atoms with van der Waals surface area (Å²) in [6, 6.07) is 0.0878. The fraction of sp³-hybridized carbons (Fsp3) is 0.867. The minimum Gasteiger partial charge on any atom is -0.433 e. The van der Waals surface area contributed by atoms with Crippen molar-refractivity contribution >= 4 is 12.4 Å². The summed E-state index contributed by atoms with van der Waals surface area (Å²) < 4.78 is 11.1. The molecule has 2 fully saturated rings. The number of ether oxygens (including phenoxy) is 2. The van der Waals surface area contributed by atoms with Gasteiger partial charge in [-0.15, -0.1) is 0 Å². The van der Waals surface area contributed by atoms with E-state index >= 15 is 0 Å². The molecule has 2 rings (SSSR count). The Morgan fingerprint density at radius 3 is 2.64 bits per heavy atom. The van der Waals surface area contributed by atoms with Gasteiger partial charge < -0.3 is 14.4 Å². The van der Waals surface area contributed by atoms with Gasteiger partial charge in [-0.25, -0.2) is 0 Å². The fourth-order valence-corrected chi connectivity index (χ4v) is 3.15. The summed E-state index contributed by atoms with van der Waals surface area (Å²) in [6.45, 7) is 4.82. The number of nitrogens with zero attached hydrogens (tertiary/aromatic N) is 1. The Morgan fingerprint density at radius 1 is 1.32 bits per heavy atom. The van der Waals surface area contributed by atoms with Crippen molar-refractivity contribution in [2.24, 2.45) is 5.92 Å². The number of nitrogens with one attached hydrogen (secondary N) is 1. The second-order valence-corrected chi connectivity index (χ2v) is 6.23. The topological polar surface area (TPSA) is 77.1 Å². The van der Waals surface area contributed by atoms with Crippen LogP contribution in [0, 0.1) is 5.92 Å². The van der Waals surface area contributed by atoms with Gasteiger partial charge in [0.1, 0.15) is 0 Å². The molecular formula is C15H26N2O5. The number of esters is 1. The molecule has 0 aromatic heterocycles. The molecule has 7 nitrogen and oxygen atoms in total. The van der Waals surface area contributed by atoms with E-state index in [1.54, 1.807) is 4.90 Å². The Bertz CT molecular complexity index is 384. The third kappa shape index (κ3) is 4.66. The van der Waals surface area contributed by atoms with Crippen molar-refractivity contribution in [3.63, 3.8) is 0 Å². The van der Waals surface area contributed by atoms with Crippen LogP contribution in [0.1, 0.15) is 46.0 Å². The van der Waals surface area contributed by atoms with Gasteiger partial charge in [0.25, 0.3) is 0 Å². The van der Waals surface area contributed by atoms with Gasteiger partial charge in [-0.1, -0.05) is 13.3 Å². The number of likely N-dealkylation sites (tertiary alicyclic amines) is 1.